The molecule has 6 nitrogen and oxygen atoms in total. The number of carbonyl (C=O) groups is 1. The smallest absolute Gasteiger partial charge is 0.234 e. The van der Waals surface area contributed by atoms with Crippen molar-refractivity contribution >= 4 is 55.4 Å². The van der Waals surface area contributed by atoms with Gasteiger partial charge in [0, 0.05) is 0 Å². The maximum Gasteiger partial charge on any atom is 0.234 e. The Morgan fingerprint density at radius 1 is 1.25 bits per heavy atom. The van der Waals surface area contributed by atoms with E-state index in [4.69, 9.17) is 23.2 Å². The van der Waals surface area contributed by atoms with Crippen molar-refractivity contribution in [1.82, 2.24) is 10.2 Å². The van der Waals surface area contributed by atoms with E-state index < -0.39 is 9.84 Å². The zero-order valence-corrected chi connectivity index (χ0v) is 18.6. The van der Waals surface area contributed by atoms with Crippen LogP contribution in [0.1, 0.15) is 25.0 Å². The molecule has 3 rings (SSSR count). The van der Waals surface area contributed by atoms with Crippen LogP contribution in [0.25, 0.3) is 0 Å². The molecule has 1 saturated carbocycles. The summed E-state index contributed by atoms with van der Waals surface area (Å²) in [5.74, 6) is -0.849. The summed E-state index contributed by atoms with van der Waals surface area (Å²) in [6, 6.07) is 7.24. The Hall–Kier alpha value is -1.48. The van der Waals surface area contributed by atoms with Gasteiger partial charge in [-0.25, -0.2) is 8.42 Å². The van der Waals surface area contributed by atoms with Gasteiger partial charge in [-0.3, -0.25) is 4.79 Å². The normalized spacial score (nSPS) is 20.5. The van der Waals surface area contributed by atoms with E-state index in [1.165, 1.54) is 0 Å². The van der Waals surface area contributed by atoms with Gasteiger partial charge in [0.1, 0.15) is 4.49 Å². The van der Waals surface area contributed by atoms with Gasteiger partial charge < -0.3 is 5.32 Å². The van der Waals surface area contributed by atoms with Crippen LogP contribution in [0.3, 0.4) is 0 Å². The predicted octanol–water partition coefficient (Wildman–Crippen LogP) is 4.35. The minimum atomic E-state index is -3.65. The fourth-order valence-electron chi connectivity index (χ4n) is 3.16. The van der Waals surface area contributed by atoms with Gasteiger partial charge in [0.15, 0.2) is 0 Å². The maximum atomic E-state index is 12.6. The Labute approximate surface area is 177 Å². The first-order valence-electron chi connectivity index (χ1n) is 8.46. The minimum absolute atomic E-state index is 0.0878. The van der Waals surface area contributed by atoms with Crippen LogP contribution in [0.5, 0.6) is 0 Å². The van der Waals surface area contributed by atoms with Crippen LogP contribution < -0.4 is 5.32 Å². The van der Waals surface area contributed by atoms with E-state index in [1.807, 2.05) is 32.9 Å². The quantitative estimate of drug-likeness (QED) is 0.648. The number of aryl methyl sites for hydroxylation is 1. The van der Waals surface area contributed by atoms with E-state index in [9.17, 15) is 13.2 Å². The zero-order chi connectivity index (χ0) is 20.7. The summed E-state index contributed by atoms with van der Waals surface area (Å²) in [6.45, 7) is 5.81. The lowest BCUT2D eigenvalue weighted by atomic mass is 10.1. The van der Waals surface area contributed by atoms with Crippen molar-refractivity contribution in [1.29, 1.82) is 0 Å². The van der Waals surface area contributed by atoms with Gasteiger partial charge in [0.2, 0.25) is 25.2 Å². The molecule has 0 bridgehead atoms. The molecule has 1 aromatic carbocycles. The number of rotatable bonds is 6. The predicted molar refractivity (Wildman–Crippen MR) is 111 cm³/mol. The monoisotopic (exact) mass is 459 g/mol. The van der Waals surface area contributed by atoms with Gasteiger partial charge in [-0.05, 0) is 29.9 Å². The number of carbonyl (C=O) groups excluding carboxylic acids is 1. The molecule has 0 spiro atoms. The fraction of sp³-hybridized carbons (Fsp3) is 0.389. The fourth-order valence-corrected chi connectivity index (χ4v) is 5.75. The number of sulfone groups is 1. The second kappa shape index (κ2) is 7.74. The Bertz CT molecular complexity index is 1030. The van der Waals surface area contributed by atoms with E-state index in [2.05, 4.69) is 15.5 Å². The molecule has 2 unspecified atom stereocenters. The number of amides is 1. The number of allylic oxidation sites excluding steroid dienone is 1. The number of hydrogen-bond donors (Lipinski definition) is 1. The molecular weight excluding hydrogens is 441 g/mol. The van der Waals surface area contributed by atoms with Gasteiger partial charge in [0.25, 0.3) is 0 Å². The van der Waals surface area contributed by atoms with Crippen LogP contribution in [0, 0.1) is 24.2 Å². The first-order chi connectivity index (χ1) is 13.0. The molecule has 1 aliphatic rings. The Kier molecular flexibility index (Phi) is 5.87. The number of halogens is 2. The standard InChI is InChI=1S/C18H19Cl2N3O3S2/c1-10-4-6-11(7-5-10)9-28(25,26)17-23-22-16(27-17)21-15(24)14-12(8-13(19)20)18(14,2)3/h4-8,12,14H,9H2,1-3H3,(H,21,22,24). The maximum absolute atomic E-state index is 12.6. The van der Waals surface area contributed by atoms with E-state index in [-0.39, 0.29) is 42.9 Å². The lowest BCUT2D eigenvalue weighted by Gasteiger charge is -2.02. The average molecular weight is 460 g/mol. The van der Waals surface area contributed by atoms with Crippen molar-refractivity contribution in [3.05, 3.63) is 46.0 Å². The summed E-state index contributed by atoms with van der Waals surface area (Å²) in [6.07, 6.45) is 1.64. The molecule has 0 aliphatic heterocycles. The number of anilines is 1. The third-order valence-electron chi connectivity index (χ3n) is 4.88. The Balaban J connectivity index is 1.69. The van der Waals surface area contributed by atoms with Crippen LogP contribution in [0.4, 0.5) is 5.13 Å². The molecule has 10 heteroatoms. The first-order valence-corrected chi connectivity index (χ1v) is 11.7. The summed E-state index contributed by atoms with van der Waals surface area (Å²) >= 11 is 12.3. The third-order valence-corrected chi connectivity index (χ3v) is 8.10. The minimum Gasteiger partial charge on any atom is -0.300 e. The number of nitrogens with zero attached hydrogens (tertiary/aromatic N) is 2. The Morgan fingerprint density at radius 3 is 2.50 bits per heavy atom. The number of benzene rings is 1. The SMILES string of the molecule is Cc1ccc(CS(=O)(=O)c2nnc(NC(=O)C3C(C=C(Cl)Cl)C3(C)C)s2)cc1. The second-order valence-corrected chi connectivity index (χ2v) is 11.5. The summed E-state index contributed by atoms with van der Waals surface area (Å²) in [5, 5.41) is 10.4. The Morgan fingerprint density at radius 2 is 1.89 bits per heavy atom. The highest BCUT2D eigenvalue weighted by molar-refractivity contribution is 7.92. The molecule has 2 atom stereocenters. The highest BCUT2D eigenvalue weighted by atomic mass is 35.5. The topological polar surface area (TPSA) is 89.0 Å². The van der Waals surface area contributed by atoms with Gasteiger partial charge in [0.05, 0.1) is 11.7 Å². The van der Waals surface area contributed by atoms with Crippen molar-refractivity contribution in [3.8, 4) is 0 Å². The van der Waals surface area contributed by atoms with E-state index in [1.54, 1.807) is 18.2 Å². The molecule has 28 heavy (non-hydrogen) atoms. The van der Waals surface area contributed by atoms with Gasteiger partial charge >= 0.3 is 0 Å². The average Bonchev–Trinajstić information content (AvgIpc) is 2.93. The van der Waals surface area contributed by atoms with Crippen LogP contribution in [0.2, 0.25) is 0 Å². The van der Waals surface area contributed by atoms with Crippen LogP contribution in [-0.4, -0.2) is 24.5 Å². The molecular formula is C18H19Cl2N3O3S2. The molecule has 1 heterocycles. The molecule has 1 aliphatic carbocycles. The van der Waals surface area contributed by atoms with Gasteiger partial charge in [-0.15, -0.1) is 10.2 Å². The van der Waals surface area contributed by atoms with Gasteiger partial charge in [-0.2, -0.15) is 0 Å². The molecule has 1 aromatic heterocycles. The third kappa shape index (κ3) is 4.56. The van der Waals surface area contributed by atoms with Crippen LogP contribution >= 0.6 is 34.5 Å². The summed E-state index contributed by atoms with van der Waals surface area (Å²) in [7, 11) is -3.65. The van der Waals surface area contributed by atoms with E-state index in [0.717, 1.165) is 16.9 Å². The zero-order valence-electron chi connectivity index (χ0n) is 15.4. The summed E-state index contributed by atoms with van der Waals surface area (Å²) in [5.41, 5.74) is 1.43. The van der Waals surface area contributed by atoms with Crippen molar-refractivity contribution in [2.24, 2.45) is 17.3 Å². The summed E-state index contributed by atoms with van der Waals surface area (Å²) < 4.78 is 25.1. The second-order valence-electron chi connectivity index (χ2n) is 7.39. The highest BCUT2D eigenvalue weighted by Crippen LogP contribution is 2.60. The highest BCUT2D eigenvalue weighted by Gasteiger charge is 2.60. The number of aromatic nitrogens is 2. The molecule has 1 fully saturated rings. The van der Waals surface area contributed by atoms with Gasteiger partial charge in [-0.1, -0.05) is 78.2 Å². The molecule has 1 N–H and O–H groups in total. The van der Waals surface area contributed by atoms with E-state index in [0.29, 0.717) is 5.56 Å². The summed E-state index contributed by atoms with van der Waals surface area (Å²) in [4.78, 5) is 12.5. The first kappa shape index (κ1) is 21.2. The van der Waals surface area contributed by atoms with Crippen molar-refractivity contribution in [3.63, 3.8) is 0 Å². The van der Waals surface area contributed by atoms with Crippen molar-refractivity contribution in [2.45, 2.75) is 30.9 Å². The molecule has 0 radical (unpaired) electrons. The van der Waals surface area contributed by atoms with E-state index >= 15 is 0 Å². The molecule has 0 saturated heterocycles. The van der Waals surface area contributed by atoms with Crippen molar-refractivity contribution < 1.29 is 13.2 Å². The molecule has 150 valence electrons. The van der Waals surface area contributed by atoms with Crippen LogP contribution in [-0.2, 0) is 20.4 Å². The largest absolute Gasteiger partial charge is 0.300 e. The lowest BCUT2D eigenvalue weighted by Crippen LogP contribution is -2.16. The molecule has 2 aromatic rings. The lowest BCUT2D eigenvalue weighted by molar-refractivity contribution is -0.118. The van der Waals surface area contributed by atoms with Crippen molar-refractivity contribution in [2.75, 3.05) is 5.32 Å². The number of nitrogens with one attached hydrogen (secondary N) is 1. The molecule has 1 amide bonds. The number of hydrogen-bond acceptors (Lipinski definition) is 6. The van der Waals surface area contributed by atoms with Crippen LogP contribution in [0.15, 0.2) is 39.2 Å².